The zero-order chi connectivity index (χ0) is 13.7. The van der Waals surface area contributed by atoms with Crippen molar-refractivity contribution in [3.05, 3.63) is 0 Å². The molecule has 2 unspecified atom stereocenters. The van der Waals surface area contributed by atoms with Crippen LogP contribution in [0.15, 0.2) is 0 Å². The molecular weight excluding hydrogens is 242 g/mol. The summed E-state index contributed by atoms with van der Waals surface area (Å²) < 4.78 is 0. The maximum atomic E-state index is 4.19. The Balaban J connectivity index is 1.39. The summed E-state index contributed by atoms with van der Waals surface area (Å²) in [7, 11) is 0. The zero-order valence-electron chi connectivity index (χ0n) is 13.5. The number of nitrogens with one attached hydrogen (secondary N) is 1. The van der Waals surface area contributed by atoms with E-state index >= 15 is 0 Å². The molecule has 5 saturated carbocycles. The average molecular weight is 275 g/mol. The molecule has 0 heterocycles. The summed E-state index contributed by atoms with van der Waals surface area (Å²) in [6, 6.07) is 1.75. The first-order valence-electron chi connectivity index (χ1n) is 9.45. The van der Waals surface area contributed by atoms with E-state index in [2.05, 4.69) is 19.2 Å². The van der Waals surface area contributed by atoms with E-state index in [1.54, 1.807) is 32.1 Å². The molecule has 0 aromatic heterocycles. The standard InChI is InChI=1S/C19H33N/c1-12(2)15-4-3-5-18(11-15)20-19-16-7-13-6-14(9-16)10-17(19)8-13/h12-20H,3-11H2,1-2H3. The van der Waals surface area contributed by atoms with Gasteiger partial charge >= 0.3 is 0 Å². The summed E-state index contributed by atoms with van der Waals surface area (Å²) >= 11 is 0. The molecule has 5 aliphatic rings. The molecule has 1 N–H and O–H groups in total. The Hall–Kier alpha value is -0.0400. The SMILES string of the molecule is CC(C)C1CCCC(NC2C3CC4CC(C3)CC2C4)C1. The second-order valence-corrected chi connectivity index (χ2v) is 8.99. The average Bonchev–Trinajstić information content (AvgIpc) is 2.42. The highest BCUT2D eigenvalue weighted by atomic mass is 15.0. The Morgan fingerprint density at radius 1 is 0.800 bits per heavy atom. The van der Waals surface area contributed by atoms with Crippen LogP contribution in [0, 0.1) is 35.5 Å². The van der Waals surface area contributed by atoms with Gasteiger partial charge in [0, 0.05) is 12.1 Å². The maximum absolute atomic E-state index is 4.19. The van der Waals surface area contributed by atoms with E-state index in [1.165, 1.54) is 25.7 Å². The third-order valence-corrected chi connectivity index (χ3v) is 7.31. The highest BCUT2D eigenvalue weighted by Gasteiger charge is 2.48. The van der Waals surface area contributed by atoms with E-state index in [0.29, 0.717) is 0 Å². The van der Waals surface area contributed by atoms with Crippen molar-refractivity contribution in [2.75, 3.05) is 0 Å². The molecule has 5 aliphatic carbocycles. The van der Waals surface area contributed by atoms with E-state index in [9.17, 15) is 0 Å². The Kier molecular flexibility index (Phi) is 3.61. The van der Waals surface area contributed by atoms with Gasteiger partial charge in [0.05, 0.1) is 0 Å². The van der Waals surface area contributed by atoms with Gasteiger partial charge in [0.1, 0.15) is 0 Å². The van der Waals surface area contributed by atoms with Crippen LogP contribution in [0.4, 0.5) is 0 Å². The lowest BCUT2D eigenvalue weighted by molar-refractivity contribution is -0.0207. The van der Waals surface area contributed by atoms with Crippen LogP contribution >= 0.6 is 0 Å². The number of hydrogen-bond donors (Lipinski definition) is 1. The fourth-order valence-electron chi connectivity index (χ4n) is 6.45. The Morgan fingerprint density at radius 3 is 2.05 bits per heavy atom. The van der Waals surface area contributed by atoms with Gasteiger partial charge in [-0.25, -0.2) is 0 Å². The van der Waals surface area contributed by atoms with Gasteiger partial charge in [-0.05, 0) is 80.5 Å². The van der Waals surface area contributed by atoms with Crippen molar-refractivity contribution in [2.24, 2.45) is 35.5 Å². The van der Waals surface area contributed by atoms with Gasteiger partial charge < -0.3 is 5.32 Å². The van der Waals surface area contributed by atoms with Crippen molar-refractivity contribution < 1.29 is 0 Å². The van der Waals surface area contributed by atoms with Gasteiger partial charge in [-0.15, -0.1) is 0 Å². The second kappa shape index (κ2) is 5.30. The lowest BCUT2D eigenvalue weighted by atomic mass is 9.54. The lowest BCUT2D eigenvalue weighted by Gasteiger charge is -2.55. The third kappa shape index (κ3) is 2.45. The van der Waals surface area contributed by atoms with Crippen LogP contribution < -0.4 is 5.32 Å². The summed E-state index contributed by atoms with van der Waals surface area (Å²) in [6.45, 7) is 4.85. The van der Waals surface area contributed by atoms with Crippen LogP contribution in [0.2, 0.25) is 0 Å². The molecular formula is C19H33N. The number of rotatable bonds is 3. The first kappa shape index (κ1) is 13.6. The predicted molar refractivity (Wildman–Crippen MR) is 84.6 cm³/mol. The van der Waals surface area contributed by atoms with E-state index in [1.807, 2.05) is 0 Å². The molecule has 0 amide bonds. The normalized spacial score (nSPS) is 50.9. The van der Waals surface area contributed by atoms with Crippen LogP contribution in [-0.4, -0.2) is 12.1 Å². The predicted octanol–water partition coefficient (Wildman–Crippen LogP) is 4.62. The van der Waals surface area contributed by atoms with E-state index in [0.717, 1.165) is 47.6 Å². The van der Waals surface area contributed by atoms with Crippen LogP contribution in [0.1, 0.15) is 71.6 Å². The van der Waals surface area contributed by atoms with Crippen molar-refractivity contribution in [1.82, 2.24) is 5.32 Å². The molecule has 2 atom stereocenters. The van der Waals surface area contributed by atoms with E-state index < -0.39 is 0 Å². The van der Waals surface area contributed by atoms with E-state index in [-0.39, 0.29) is 0 Å². The Morgan fingerprint density at radius 2 is 1.45 bits per heavy atom. The molecule has 1 heteroatoms. The lowest BCUT2D eigenvalue weighted by Crippen LogP contribution is -2.57. The second-order valence-electron chi connectivity index (χ2n) is 8.99. The van der Waals surface area contributed by atoms with Gasteiger partial charge in [0.25, 0.3) is 0 Å². The topological polar surface area (TPSA) is 12.0 Å². The molecule has 0 spiro atoms. The fourth-order valence-corrected chi connectivity index (χ4v) is 6.45. The minimum atomic E-state index is 0.846. The summed E-state index contributed by atoms with van der Waals surface area (Å²) in [5.41, 5.74) is 0. The van der Waals surface area contributed by atoms with Crippen molar-refractivity contribution in [3.8, 4) is 0 Å². The molecule has 4 bridgehead atoms. The van der Waals surface area contributed by atoms with Gasteiger partial charge in [-0.3, -0.25) is 0 Å². The summed E-state index contributed by atoms with van der Waals surface area (Å²) in [5.74, 6) is 6.20. The summed E-state index contributed by atoms with van der Waals surface area (Å²) in [5, 5.41) is 4.19. The Labute approximate surface area is 125 Å². The first-order valence-corrected chi connectivity index (χ1v) is 9.45. The number of hydrogen-bond acceptors (Lipinski definition) is 1. The van der Waals surface area contributed by atoms with Crippen LogP contribution in [-0.2, 0) is 0 Å². The van der Waals surface area contributed by atoms with Crippen LogP contribution in [0.5, 0.6) is 0 Å². The molecule has 0 aromatic rings. The summed E-state index contributed by atoms with van der Waals surface area (Å²) in [4.78, 5) is 0. The van der Waals surface area contributed by atoms with Crippen molar-refractivity contribution in [2.45, 2.75) is 83.7 Å². The third-order valence-electron chi connectivity index (χ3n) is 7.31. The fraction of sp³-hybridized carbons (Fsp3) is 1.00. The molecule has 1 nitrogen and oxygen atoms in total. The van der Waals surface area contributed by atoms with Crippen molar-refractivity contribution in [3.63, 3.8) is 0 Å². The molecule has 0 aliphatic heterocycles. The largest absolute Gasteiger partial charge is 0.311 e. The quantitative estimate of drug-likeness (QED) is 0.793. The van der Waals surface area contributed by atoms with Crippen molar-refractivity contribution in [1.29, 1.82) is 0 Å². The summed E-state index contributed by atoms with van der Waals surface area (Å²) in [6.07, 6.45) is 13.7. The van der Waals surface area contributed by atoms with Crippen LogP contribution in [0.25, 0.3) is 0 Å². The maximum Gasteiger partial charge on any atom is 0.0127 e. The van der Waals surface area contributed by atoms with E-state index in [4.69, 9.17) is 0 Å². The molecule has 5 rings (SSSR count). The minimum Gasteiger partial charge on any atom is -0.311 e. The van der Waals surface area contributed by atoms with Gasteiger partial charge in [0.2, 0.25) is 0 Å². The zero-order valence-corrected chi connectivity index (χ0v) is 13.5. The first-order chi connectivity index (χ1) is 9.69. The molecule has 114 valence electrons. The van der Waals surface area contributed by atoms with Gasteiger partial charge in [-0.2, -0.15) is 0 Å². The highest BCUT2D eigenvalue weighted by molar-refractivity contribution is 5.02. The molecule has 5 fully saturated rings. The molecule has 0 saturated heterocycles. The smallest absolute Gasteiger partial charge is 0.0127 e. The molecule has 20 heavy (non-hydrogen) atoms. The Bertz CT molecular complexity index is 320. The molecule has 0 aromatic carbocycles. The van der Waals surface area contributed by atoms with Gasteiger partial charge in [-0.1, -0.05) is 26.7 Å². The van der Waals surface area contributed by atoms with Gasteiger partial charge in [0.15, 0.2) is 0 Å². The monoisotopic (exact) mass is 275 g/mol. The van der Waals surface area contributed by atoms with Crippen molar-refractivity contribution >= 4 is 0 Å². The van der Waals surface area contributed by atoms with Crippen LogP contribution in [0.3, 0.4) is 0 Å². The minimum absolute atomic E-state index is 0.846. The highest BCUT2D eigenvalue weighted by Crippen LogP contribution is 2.54. The molecule has 0 radical (unpaired) electrons.